The fraction of sp³-hybridized carbons (Fsp3) is 0.905. The maximum Gasteiger partial charge on any atom is 0.0572 e. The van der Waals surface area contributed by atoms with Gasteiger partial charge < -0.3 is 0 Å². The SMILES string of the molecule is C=CC[Si](CCC[Si](C)(C)C)(CCC[Si](C)(C)C)CCC[Si](C)(C)C. The minimum Gasteiger partial charge on any atom is -0.103 e. The van der Waals surface area contributed by atoms with Crippen LogP contribution < -0.4 is 0 Å². The van der Waals surface area contributed by atoms with Crippen molar-refractivity contribution in [3.05, 3.63) is 12.7 Å². The fourth-order valence-electron chi connectivity index (χ4n) is 3.97. The van der Waals surface area contributed by atoms with Gasteiger partial charge in [-0.15, -0.1) is 6.58 Å². The third-order valence-corrected chi connectivity index (χ3v) is 16.4. The van der Waals surface area contributed by atoms with Gasteiger partial charge in [0.1, 0.15) is 0 Å². The molecule has 0 bridgehead atoms. The summed E-state index contributed by atoms with van der Waals surface area (Å²) in [5, 5.41) is 0. The van der Waals surface area contributed by atoms with Crippen molar-refractivity contribution in [1.29, 1.82) is 0 Å². The summed E-state index contributed by atoms with van der Waals surface area (Å²) in [6.45, 7) is 27.1. The van der Waals surface area contributed by atoms with Crippen LogP contribution in [0, 0.1) is 0 Å². The lowest BCUT2D eigenvalue weighted by Gasteiger charge is -2.34. The first-order chi connectivity index (χ1) is 11.2. The summed E-state index contributed by atoms with van der Waals surface area (Å²) in [5.74, 6) is 0. The molecule has 0 aliphatic heterocycles. The van der Waals surface area contributed by atoms with Crippen molar-refractivity contribution in [3.8, 4) is 0 Å². The average molecular weight is 415 g/mol. The van der Waals surface area contributed by atoms with Gasteiger partial charge in [-0.05, 0) is 6.04 Å². The largest absolute Gasteiger partial charge is 0.103 e. The Morgan fingerprint density at radius 2 is 0.800 bits per heavy atom. The van der Waals surface area contributed by atoms with Gasteiger partial charge in [0.15, 0.2) is 0 Å². The van der Waals surface area contributed by atoms with E-state index in [-0.39, 0.29) is 0 Å². The van der Waals surface area contributed by atoms with Gasteiger partial charge in [0.05, 0.1) is 8.07 Å². The van der Waals surface area contributed by atoms with E-state index in [0.717, 1.165) is 0 Å². The van der Waals surface area contributed by atoms with E-state index < -0.39 is 32.3 Å². The van der Waals surface area contributed by atoms with E-state index in [1.165, 1.54) is 43.4 Å². The number of hydrogen-bond donors (Lipinski definition) is 0. The zero-order chi connectivity index (χ0) is 19.8. The predicted octanol–water partition coefficient (Wildman–Crippen LogP) is 8.81. The molecule has 0 aromatic rings. The molecule has 0 fully saturated rings. The highest BCUT2D eigenvalue weighted by molar-refractivity contribution is 6.81. The molecule has 0 nitrogen and oxygen atoms in total. The van der Waals surface area contributed by atoms with E-state index in [4.69, 9.17) is 0 Å². The molecule has 0 amide bonds. The molecule has 0 aliphatic carbocycles. The predicted molar refractivity (Wildman–Crippen MR) is 133 cm³/mol. The summed E-state index contributed by atoms with van der Waals surface area (Å²) in [6, 6.07) is 10.7. The van der Waals surface area contributed by atoms with Gasteiger partial charge in [0.2, 0.25) is 0 Å². The van der Waals surface area contributed by atoms with Crippen LogP contribution in [0.3, 0.4) is 0 Å². The number of hydrogen-bond acceptors (Lipinski definition) is 0. The van der Waals surface area contributed by atoms with Crippen molar-refractivity contribution in [1.82, 2.24) is 0 Å². The van der Waals surface area contributed by atoms with E-state index in [0.29, 0.717) is 0 Å². The van der Waals surface area contributed by atoms with Crippen LogP contribution in [0.2, 0.25) is 101 Å². The Labute approximate surface area is 165 Å². The minimum atomic E-state index is -1.15. The molecule has 0 aliphatic rings. The third kappa shape index (κ3) is 15.4. The highest BCUT2D eigenvalue weighted by atomic mass is 28.3. The Bertz CT molecular complexity index is 319. The second-order valence-electron chi connectivity index (χ2n) is 12.2. The molecule has 0 spiro atoms. The van der Waals surface area contributed by atoms with Crippen LogP contribution in [0.1, 0.15) is 19.3 Å². The van der Waals surface area contributed by atoms with E-state index in [1.54, 1.807) is 18.1 Å². The summed E-state index contributed by atoms with van der Waals surface area (Å²) < 4.78 is 0. The van der Waals surface area contributed by atoms with Crippen LogP contribution in [-0.4, -0.2) is 32.3 Å². The van der Waals surface area contributed by atoms with Crippen LogP contribution in [-0.2, 0) is 0 Å². The van der Waals surface area contributed by atoms with Crippen molar-refractivity contribution in [2.45, 2.75) is 120 Å². The van der Waals surface area contributed by atoms with Crippen molar-refractivity contribution in [2.75, 3.05) is 0 Å². The molecule has 4 heteroatoms. The van der Waals surface area contributed by atoms with E-state index in [2.05, 4.69) is 71.6 Å². The van der Waals surface area contributed by atoms with Crippen LogP contribution in [0.25, 0.3) is 0 Å². The Kier molecular flexibility index (Phi) is 11.1. The quantitative estimate of drug-likeness (QED) is 0.197. The summed E-state index contributed by atoms with van der Waals surface area (Å²) >= 11 is 0. The van der Waals surface area contributed by atoms with Crippen LogP contribution >= 0.6 is 0 Å². The van der Waals surface area contributed by atoms with Crippen LogP contribution in [0.15, 0.2) is 12.7 Å². The number of allylic oxidation sites excluding steroid dienone is 1. The van der Waals surface area contributed by atoms with Gasteiger partial charge in [0, 0.05) is 24.2 Å². The molecule has 0 saturated heterocycles. The molecular weight excluding hydrogens is 365 g/mol. The molecule has 0 heterocycles. The van der Waals surface area contributed by atoms with E-state index >= 15 is 0 Å². The molecule has 0 aromatic heterocycles. The van der Waals surface area contributed by atoms with Gasteiger partial charge in [-0.1, -0.05) is 121 Å². The number of rotatable bonds is 14. The Morgan fingerprint density at radius 3 is 1.00 bits per heavy atom. The highest BCUT2D eigenvalue weighted by Gasteiger charge is 2.32. The molecule has 0 atom stereocenters. The summed E-state index contributed by atoms with van der Waals surface area (Å²) in [4.78, 5) is 0. The molecule has 0 aromatic carbocycles. The lowest BCUT2D eigenvalue weighted by atomic mass is 10.5. The van der Waals surface area contributed by atoms with Gasteiger partial charge in [-0.2, -0.15) is 0 Å². The first kappa shape index (κ1) is 25.6. The highest BCUT2D eigenvalue weighted by Crippen LogP contribution is 2.35. The molecule has 0 N–H and O–H groups in total. The minimum absolute atomic E-state index is 0.892. The maximum absolute atomic E-state index is 4.18. The molecule has 150 valence electrons. The molecular formula is C21H50Si4. The first-order valence-electron chi connectivity index (χ1n) is 10.8. The van der Waals surface area contributed by atoms with Gasteiger partial charge in [-0.3, -0.25) is 0 Å². The fourth-order valence-corrected chi connectivity index (χ4v) is 13.5. The lowest BCUT2D eigenvalue weighted by Crippen LogP contribution is -2.35. The zero-order valence-corrected chi connectivity index (χ0v) is 23.4. The topological polar surface area (TPSA) is 0 Å². The maximum atomic E-state index is 4.18. The second kappa shape index (κ2) is 10.8. The van der Waals surface area contributed by atoms with Crippen molar-refractivity contribution >= 4 is 32.3 Å². The Balaban J connectivity index is 4.92. The smallest absolute Gasteiger partial charge is 0.0572 e. The Morgan fingerprint density at radius 1 is 0.520 bits per heavy atom. The normalized spacial score (nSPS) is 14.0. The molecule has 0 rings (SSSR count). The molecule has 0 saturated carbocycles. The van der Waals surface area contributed by atoms with Crippen molar-refractivity contribution < 1.29 is 0 Å². The summed E-state index contributed by atoms with van der Waals surface area (Å²) in [7, 11) is -3.82. The lowest BCUT2D eigenvalue weighted by molar-refractivity contribution is 0.897. The summed E-state index contributed by atoms with van der Waals surface area (Å²) in [6.07, 6.45) is 6.82. The van der Waals surface area contributed by atoms with E-state index in [1.807, 2.05) is 0 Å². The third-order valence-electron chi connectivity index (χ3n) is 5.48. The van der Waals surface area contributed by atoms with Crippen LogP contribution in [0.5, 0.6) is 0 Å². The van der Waals surface area contributed by atoms with Gasteiger partial charge in [0.25, 0.3) is 0 Å². The van der Waals surface area contributed by atoms with Crippen LogP contribution in [0.4, 0.5) is 0 Å². The van der Waals surface area contributed by atoms with Crippen molar-refractivity contribution in [3.63, 3.8) is 0 Å². The second-order valence-corrected chi connectivity index (χ2v) is 34.0. The molecule has 0 unspecified atom stereocenters. The molecule has 0 radical (unpaired) electrons. The van der Waals surface area contributed by atoms with Gasteiger partial charge in [-0.25, -0.2) is 0 Å². The first-order valence-corrected chi connectivity index (χ1v) is 24.7. The monoisotopic (exact) mass is 414 g/mol. The zero-order valence-electron chi connectivity index (χ0n) is 19.4. The van der Waals surface area contributed by atoms with Gasteiger partial charge >= 0.3 is 0 Å². The standard InChI is InChI=1S/C21H50Si4/c1-11-15-25(19-12-16-22(2,3)4,20-13-17-23(5,6)7)21-14-18-24(8,9)10/h11H,1,12-21H2,2-10H3. The van der Waals surface area contributed by atoms with E-state index in [9.17, 15) is 0 Å². The average Bonchev–Trinajstić information content (AvgIpc) is 2.34. The Hall–Kier alpha value is 0.608. The van der Waals surface area contributed by atoms with Crippen molar-refractivity contribution in [2.24, 2.45) is 0 Å². The summed E-state index contributed by atoms with van der Waals surface area (Å²) in [5.41, 5.74) is 0. The molecule has 25 heavy (non-hydrogen) atoms.